The molecular weight excluding hydrogens is 928 g/mol. The number of unbranched alkanes of at least 4 members (excludes halogenated alkanes) is 24. The number of ether oxygens (including phenoxy) is 3. The van der Waals surface area contributed by atoms with E-state index in [4.69, 9.17) is 23.3 Å². The van der Waals surface area contributed by atoms with Crippen molar-refractivity contribution in [3.63, 3.8) is 0 Å². The minimum Gasteiger partial charge on any atom is -0.462 e. The highest BCUT2D eigenvalue weighted by Gasteiger charge is 2.28. The van der Waals surface area contributed by atoms with Gasteiger partial charge in [0.05, 0.1) is 19.8 Å². The molecule has 11 nitrogen and oxygen atoms in total. The number of phosphoric ester groups is 1. The highest BCUT2D eigenvalue weighted by molar-refractivity contribution is 7.47. The molecule has 0 rings (SSSR count). The van der Waals surface area contributed by atoms with E-state index in [0.29, 0.717) is 19.3 Å². The van der Waals surface area contributed by atoms with Gasteiger partial charge < -0.3 is 24.2 Å². The number of carbonyl (C=O) groups is 3. The second-order valence-electron chi connectivity index (χ2n) is 19.0. The van der Waals surface area contributed by atoms with Crippen molar-refractivity contribution in [3.8, 4) is 0 Å². The van der Waals surface area contributed by atoms with E-state index in [1.54, 1.807) is 0 Å². The van der Waals surface area contributed by atoms with Crippen molar-refractivity contribution in [1.29, 1.82) is 0 Å². The van der Waals surface area contributed by atoms with Gasteiger partial charge in [-0.1, -0.05) is 222 Å². The van der Waals surface area contributed by atoms with Crippen LogP contribution in [0.2, 0.25) is 0 Å². The smallest absolute Gasteiger partial charge is 0.462 e. The fourth-order valence-electron chi connectivity index (χ4n) is 7.80. The molecule has 3 unspecified atom stereocenters. The van der Waals surface area contributed by atoms with Crippen molar-refractivity contribution in [1.82, 2.24) is 0 Å². The summed E-state index contributed by atoms with van der Waals surface area (Å²) in [5.41, 5.74) is 0. The van der Waals surface area contributed by atoms with Crippen LogP contribution < -0.4 is 0 Å². The van der Waals surface area contributed by atoms with Crippen molar-refractivity contribution < 1.29 is 52.2 Å². The van der Waals surface area contributed by atoms with E-state index in [0.717, 1.165) is 128 Å². The third kappa shape index (κ3) is 51.8. The summed E-state index contributed by atoms with van der Waals surface area (Å²) >= 11 is 0. The van der Waals surface area contributed by atoms with Crippen LogP contribution in [-0.2, 0) is 42.2 Å². The number of carbonyl (C=O) groups excluding carboxylic acids is 3. The Morgan fingerprint density at radius 2 is 0.722 bits per heavy atom. The maximum atomic E-state index is 12.9. The number of phosphoric acid groups is 1. The van der Waals surface area contributed by atoms with Crippen molar-refractivity contribution in [2.75, 3.05) is 26.4 Å². The molecule has 0 aliphatic rings. The van der Waals surface area contributed by atoms with Gasteiger partial charge in [-0.05, 0) is 83.5 Å². The Hall–Kier alpha value is -3.08. The van der Waals surface area contributed by atoms with Gasteiger partial charge in [0.15, 0.2) is 6.10 Å². The summed E-state index contributed by atoms with van der Waals surface area (Å²) in [6, 6.07) is 0. The van der Waals surface area contributed by atoms with E-state index >= 15 is 0 Å². The molecule has 0 aliphatic heterocycles. The first-order chi connectivity index (χ1) is 35.2. The second-order valence-corrected chi connectivity index (χ2v) is 20.5. The van der Waals surface area contributed by atoms with Gasteiger partial charge in [0.2, 0.25) is 0 Å². The van der Waals surface area contributed by atoms with Crippen LogP contribution in [0.25, 0.3) is 0 Å². The molecule has 0 radical (unpaired) electrons. The van der Waals surface area contributed by atoms with Gasteiger partial charge >= 0.3 is 25.7 Å². The Balaban J connectivity index is 4.73. The van der Waals surface area contributed by atoms with Gasteiger partial charge in [-0.2, -0.15) is 0 Å². The number of aliphatic hydroxyl groups excluding tert-OH is 1. The van der Waals surface area contributed by atoms with Crippen molar-refractivity contribution in [2.24, 2.45) is 0 Å². The van der Waals surface area contributed by atoms with Crippen LogP contribution in [0.15, 0.2) is 72.9 Å². The molecule has 12 heteroatoms. The predicted molar refractivity (Wildman–Crippen MR) is 298 cm³/mol. The van der Waals surface area contributed by atoms with Gasteiger partial charge in [0.25, 0.3) is 0 Å². The van der Waals surface area contributed by atoms with Crippen LogP contribution in [-0.4, -0.2) is 66.5 Å². The Morgan fingerprint density at radius 1 is 0.403 bits per heavy atom. The first-order valence-corrected chi connectivity index (χ1v) is 30.3. The van der Waals surface area contributed by atoms with E-state index < -0.39 is 57.8 Å². The molecule has 0 bridgehead atoms. The first kappa shape index (κ1) is 68.9. The lowest BCUT2D eigenvalue weighted by molar-refractivity contribution is -0.161. The summed E-state index contributed by atoms with van der Waals surface area (Å²) < 4.78 is 39.5. The molecule has 0 spiro atoms. The van der Waals surface area contributed by atoms with Gasteiger partial charge in [-0.15, -0.1) is 0 Å². The van der Waals surface area contributed by atoms with Crippen LogP contribution >= 0.6 is 7.82 Å². The Bertz CT molecular complexity index is 1490. The SMILES string of the molecule is CC/C=C\C/C=C\C/C=C\CCCCCCCCCC(=O)OC(COC(=O)CCCCCCCCCCCCCCC)COP(=O)(O)OCC(CO)OC(=O)CCCCCCC/C=C\C/C=C\C/C=C\CC. The molecule has 0 aromatic heterocycles. The van der Waals surface area contributed by atoms with Crippen molar-refractivity contribution >= 4 is 25.7 Å². The number of hydrogen-bond donors (Lipinski definition) is 2. The maximum absolute atomic E-state index is 12.9. The number of rotatable bonds is 53. The van der Waals surface area contributed by atoms with Crippen LogP contribution in [0.3, 0.4) is 0 Å². The summed E-state index contributed by atoms with van der Waals surface area (Å²) in [5, 5.41) is 9.81. The molecule has 0 heterocycles. The van der Waals surface area contributed by atoms with Gasteiger partial charge in [-0.3, -0.25) is 23.4 Å². The molecule has 3 atom stereocenters. The lowest BCUT2D eigenvalue weighted by Crippen LogP contribution is -2.30. The minimum atomic E-state index is -4.75. The summed E-state index contributed by atoms with van der Waals surface area (Å²) in [6.07, 6.45) is 60.0. The average molecular weight is 1030 g/mol. The standard InChI is InChI=1S/C60H105O11P/c1-4-7-10-13-16-19-22-25-27-28-30-33-36-39-42-45-48-51-60(64)71-57(53-67-58(62)49-46-43-40-37-34-31-24-21-18-15-12-9-6-3)55-69-72(65,66)68-54-56(52-61)70-59(63)50-47-44-41-38-35-32-29-26-23-20-17-14-11-8-5-2/h7-8,10-11,16-17,19-20,25-27,29,56-57,61H,4-6,9,12-15,18,21-24,28,30-55H2,1-3H3,(H,65,66)/b10-7-,11-8-,19-16-,20-17-,27-25-,29-26-. The van der Waals surface area contributed by atoms with Crippen molar-refractivity contribution in [2.45, 2.75) is 264 Å². The number of aliphatic hydroxyl groups is 1. The van der Waals surface area contributed by atoms with Gasteiger partial charge in [0, 0.05) is 19.3 Å². The van der Waals surface area contributed by atoms with Crippen molar-refractivity contribution in [3.05, 3.63) is 72.9 Å². The highest BCUT2D eigenvalue weighted by Crippen LogP contribution is 2.43. The van der Waals surface area contributed by atoms with Crippen LogP contribution in [0, 0.1) is 0 Å². The molecular formula is C60H105O11P. The largest absolute Gasteiger partial charge is 0.472 e. The lowest BCUT2D eigenvalue weighted by atomic mass is 10.0. The normalized spacial score (nSPS) is 13.9. The number of hydrogen-bond acceptors (Lipinski definition) is 10. The zero-order valence-corrected chi connectivity index (χ0v) is 46.8. The molecule has 0 aliphatic carbocycles. The molecule has 0 aromatic carbocycles. The summed E-state index contributed by atoms with van der Waals surface area (Å²) in [7, 11) is -4.75. The number of esters is 3. The monoisotopic (exact) mass is 1030 g/mol. The van der Waals surface area contributed by atoms with Gasteiger partial charge in [-0.25, -0.2) is 4.57 Å². The van der Waals surface area contributed by atoms with Gasteiger partial charge in [0.1, 0.15) is 12.7 Å². The van der Waals surface area contributed by atoms with E-state index in [9.17, 15) is 28.9 Å². The van der Waals surface area contributed by atoms with E-state index in [1.165, 1.54) is 64.2 Å². The summed E-state index contributed by atoms with van der Waals surface area (Å²) in [5.74, 6) is -1.49. The average Bonchev–Trinajstić information content (AvgIpc) is 3.37. The molecule has 416 valence electrons. The molecule has 0 amide bonds. The fraction of sp³-hybridized carbons (Fsp3) is 0.750. The van der Waals surface area contributed by atoms with Crippen LogP contribution in [0.1, 0.15) is 252 Å². The third-order valence-corrected chi connectivity index (χ3v) is 13.1. The molecule has 72 heavy (non-hydrogen) atoms. The Morgan fingerprint density at radius 3 is 1.11 bits per heavy atom. The highest BCUT2D eigenvalue weighted by atomic mass is 31.2. The molecule has 0 saturated carbocycles. The van der Waals surface area contributed by atoms with E-state index in [-0.39, 0.29) is 25.9 Å². The lowest BCUT2D eigenvalue weighted by Gasteiger charge is -2.21. The molecule has 0 saturated heterocycles. The Kier molecular flexibility index (Phi) is 51.9. The quantitative estimate of drug-likeness (QED) is 0.0197. The third-order valence-electron chi connectivity index (χ3n) is 12.1. The molecule has 0 fully saturated rings. The number of allylic oxidation sites excluding steroid dienone is 12. The van der Waals surface area contributed by atoms with E-state index in [1.807, 2.05) is 0 Å². The minimum absolute atomic E-state index is 0.155. The summed E-state index contributed by atoms with van der Waals surface area (Å²) in [6.45, 7) is 4.41. The molecule has 0 aromatic rings. The predicted octanol–water partition coefficient (Wildman–Crippen LogP) is 16.9. The topological polar surface area (TPSA) is 155 Å². The van der Waals surface area contributed by atoms with Crippen LogP contribution in [0.5, 0.6) is 0 Å². The molecule has 2 N–H and O–H groups in total. The fourth-order valence-corrected chi connectivity index (χ4v) is 8.58. The zero-order chi connectivity index (χ0) is 52.7. The zero-order valence-electron chi connectivity index (χ0n) is 45.9. The Labute approximate surface area is 439 Å². The maximum Gasteiger partial charge on any atom is 0.472 e. The van der Waals surface area contributed by atoms with Crippen LogP contribution in [0.4, 0.5) is 0 Å². The second kappa shape index (κ2) is 54.2. The summed E-state index contributed by atoms with van der Waals surface area (Å²) in [4.78, 5) is 48.5. The van der Waals surface area contributed by atoms with E-state index in [2.05, 4.69) is 93.7 Å². The first-order valence-electron chi connectivity index (χ1n) is 28.8.